The van der Waals surface area contributed by atoms with Crippen LogP contribution < -0.4 is 42.1 Å². The number of rotatable bonds is 1. The van der Waals surface area contributed by atoms with Gasteiger partial charge in [-0.1, -0.05) is 6.07 Å². The summed E-state index contributed by atoms with van der Waals surface area (Å²) in [4.78, 5) is 1.44. The topological polar surface area (TPSA) is 37.4 Å². The molecule has 0 aliphatic carbocycles. The van der Waals surface area contributed by atoms with E-state index in [1.807, 2.05) is 0 Å². The summed E-state index contributed by atoms with van der Waals surface area (Å²) in [7, 11) is -3.04. The van der Waals surface area contributed by atoms with Crippen molar-refractivity contribution < 1.29 is 54.4 Å². The molecule has 1 saturated heterocycles. The van der Waals surface area contributed by atoms with Gasteiger partial charge in [0.15, 0.2) is 9.84 Å². The van der Waals surface area contributed by atoms with Gasteiger partial charge in [-0.05, 0) is 12.1 Å². The first kappa shape index (κ1) is 25.2. The van der Waals surface area contributed by atoms with Crippen LogP contribution in [0.3, 0.4) is 0 Å². The van der Waals surface area contributed by atoms with Gasteiger partial charge in [0.1, 0.15) is 17.3 Å². The molecular formula is C10H11AlCl3F2NO2S. The third-order valence-electron chi connectivity index (χ3n) is 2.60. The van der Waals surface area contributed by atoms with E-state index in [-0.39, 0.29) is 84.9 Å². The van der Waals surface area contributed by atoms with Crippen molar-refractivity contribution in [2.24, 2.45) is 0 Å². The Bertz CT molecular complexity index is 485. The SMILES string of the molecule is O=S1(=O)CCN(c2c(F)cccc2F)CC1.[Al+3].[Cl-].[Cl-].[Cl-]. The van der Waals surface area contributed by atoms with Gasteiger partial charge in [0, 0.05) is 13.1 Å². The number of hydrogen-bond acceptors (Lipinski definition) is 3. The molecule has 10 heteroatoms. The second kappa shape index (κ2) is 10.0. The summed E-state index contributed by atoms with van der Waals surface area (Å²) in [5, 5.41) is 0. The summed E-state index contributed by atoms with van der Waals surface area (Å²) in [6.45, 7) is 0.278. The second-order valence-electron chi connectivity index (χ2n) is 3.71. The van der Waals surface area contributed by atoms with Crippen molar-refractivity contribution in [3.05, 3.63) is 29.8 Å². The van der Waals surface area contributed by atoms with E-state index in [1.54, 1.807) is 0 Å². The number of hydrogen-bond donors (Lipinski definition) is 0. The van der Waals surface area contributed by atoms with E-state index in [1.165, 1.54) is 23.1 Å². The molecule has 0 saturated carbocycles. The Balaban J connectivity index is -0.000000722. The van der Waals surface area contributed by atoms with Crippen LogP contribution in [-0.2, 0) is 9.84 Å². The third kappa shape index (κ3) is 5.92. The van der Waals surface area contributed by atoms with E-state index in [0.717, 1.165) is 0 Å². The van der Waals surface area contributed by atoms with Crippen LogP contribution >= 0.6 is 0 Å². The van der Waals surface area contributed by atoms with Gasteiger partial charge in [0.25, 0.3) is 0 Å². The van der Waals surface area contributed by atoms with Crippen molar-refractivity contribution in [1.29, 1.82) is 0 Å². The third-order valence-corrected chi connectivity index (χ3v) is 4.21. The smallest absolute Gasteiger partial charge is 1.00 e. The van der Waals surface area contributed by atoms with Crippen LogP contribution in [0.15, 0.2) is 18.2 Å². The van der Waals surface area contributed by atoms with Gasteiger partial charge in [-0.2, -0.15) is 0 Å². The molecule has 2 rings (SSSR count). The summed E-state index contributed by atoms with van der Waals surface area (Å²) in [5.74, 6) is -1.42. The summed E-state index contributed by atoms with van der Waals surface area (Å²) in [5.41, 5.74) is -0.127. The molecule has 1 aromatic carbocycles. The van der Waals surface area contributed by atoms with Crippen LogP contribution in [0.5, 0.6) is 0 Å². The Kier molecular flexibility index (Phi) is 12.7. The van der Waals surface area contributed by atoms with Crippen molar-refractivity contribution in [3.63, 3.8) is 0 Å². The molecule has 1 fully saturated rings. The first-order valence-electron chi connectivity index (χ1n) is 4.89. The van der Waals surface area contributed by atoms with Crippen molar-refractivity contribution in [2.75, 3.05) is 29.5 Å². The normalized spacial score (nSPS) is 15.8. The van der Waals surface area contributed by atoms with Crippen LogP contribution in [0, 0.1) is 11.6 Å². The molecule has 0 bridgehead atoms. The van der Waals surface area contributed by atoms with E-state index >= 15 is 0 Å². The summed E-state index contributed by atoms with van der Waals surface area (Å²) < 4.78 is 49.2. The standard InChI is InChI=1S/C10H11F2NO2S.Al.3ClH/c11-8-2-1-3-9(12)10(8)13-4-6-16(14,15)7-5-13;;;;/h1-3H,4-7H2;;3*1H/q;+3;;;/p-3. The minimum Gasteiger partial charge on any atom is -1.00 e. The fourth-order valence-electron chi connectivity index (χ4n) is 1.73. The van der Waals surface area contributed by atoms with Crippen LogP contribution in [0.25, 0.3) is 0 Å². The van der Waals surface area contributed by atoms with E-state index in [9.17, 15) is 17.2 Å². The van der Waals surface area contributed by atoms with Gasteiger partial charge in [-0.3, -0.25) is 0 Å². The Morgan fingerprint density at radius 1 is 0.950 bits per heavy atom. The van der Waals surface area contributed by atoms with Gasteiger partial charge in [-0.15, -0.1) is 0 Å². The number of anilines is 1. The van der Waals surface area contributed by atoms with E-state index in [2.05, 4.69) is 0 Å². The molecule has 112 valence electrons. The fourth-order valence-corrected chi connectivity index (χ4v) is 2.93. The van der Waals surface area contributed by atoms with Crippen molar-refractivity contribution in [2.45, 2.75) is 0 Å². The maximum Gasteiger partial charge on any atom is 3.00 e. The predicted octanol–water partition coefficient (Wildman–Crippen LogP) is -8.17. The number of nitrogens with zero attached hydrogens (tertiary/aromatic N) is 1. The zero-order chi connectivity index (χ0) is 11.8. The largest absolute Gasteiger partial charge is 3.00 e. The van der Waals surface area contributed by atoms with E-state index in [0.29, 0.717) is 0 Å². The molecule has 0 unspecified atom stereocenters. The van der Waals surface area contributed by atoms with Crippen LogP contribution in [0.2, 0.25) is 0 Å². The predicted molar refractivity (Wildman–Crippen MR) is 63.0 cm³/mol. The average Bonchev–Trinajstić information content (AvgIpc) is 2.20. The van der Waals surface area contributed by atoms with Crippen molar-refractivity contribution in [3.8, 4) is 0 Å². The second-order valence-corrected chi connectivity index (χ2v) is 6.01. The molecule has 0 radical (unpaired) electrons. The van der Waals surface area contributed by atoms with Crippen LogP contribution in [0.4, 0.5) is 14.5 Å². The molecule has 0 aromatic heterocycles. The van der Waals surface area contributed by atoms with Gasteiger partial charge < -0.3 is 42.1 Å². The minimum absolute atomic E-state index is 0. The Morgan fingerprint density at radius 3 is 1.75 bits per heavy atom. The van der Waals surface area contributed by atoms with E-state index < -0.39 is 21.5 Å². The number of sulfone groups is 1. The molecular weight excluding hydrogens is 370 g/mol. The number of benzene rings is 1. The molecule has 0 atom stereocenters. The first-order chi connectivity index (χ1) is 7.49. The fraction of sp³-hybridized carbons (Fsp3) is 0.400. The Labute approximate surface area is 146 Å². The van der Waals surface area contributed by atoms with Crippen molar-refractivity contribution >= 4 is 32.9 Å². The molecule has 1 aromatic rings. The molecule has 0 N–H and O–H groups in total. The van der Waals surface area contributed by atoms with Crippen LogP contribution in [-0.4, -0.2) is 50.4 Å². The maximum absolute atomic E-state index is 13.4. The van der Waals surface area contributed by atoms with Gasteiger partial charge >= 0.3 is 17.4 Å². The maximum atomic E-state index is 13.4. The van der Waals surface area contributed by atoms with Crippen molar-refractivity contribution in [1.82, 2.24) is 0 Å². The van der Waals surface area contributed by atoms with Gasteiger partial charge in [0.2, 0.25) is 0 Å². The van der Waals surface area contributed by atoms with Crippen LogP contribution in [0.1, 0.15) is 0 Å². The molecule has 1 aliphatic heterocycles. The molecule has 1 aliphatic rings. The Morgan fingerprint density at radius 2 is 1.35 bits per heavy atom. The average molecular weight is 381 g/mol. The zero-order valence-electron chi connectivity index (χ0n) is 10.2. The molecule has 0 amide bonds. The van der Waals surface area contributed by atoms with E-state index in [4.69, 9.17) is 0 Å². The Hall–Kier alpha value is 0.232. The number of halogens is 5. The first-order valence-corrected chi connectivity index (χ1v) is 6.71. The summed E-state index contributed by atoms with van der Waals surface area (Å²) in [6.07, 6.45) is 0. The summed E-state index contributed by atoms with van der Waals surface area (Å²) >= 11 is 0. The monoisotopic (exact) mass is 379 g/mol. The zero-order valence-corrected chi connectivity index (χ0v) is 14.4. The number of para-hydroxylation sites is 1. The molecule has 20 heavy (non-hydrogen) atoms. The molecule has 0 spiro atoms. The van der Waals surface area contributed by atoms with Gasteiger partial charge in [-0.25, -0.2) is 17.2 Å². The molecule has 3 nitrogen and oxygen atoms in total. The molecule has 1 heterocycles. The quantitative estimate of drug-likeness (QED) is 0.454. The van der Waals surface area contributed by atoms with Gasteiger partial charge in [0.05, 0.1) is 11.5 Å². The minimum atomic E-state index is -3.04. The summed E-state index contributed by atoms with van der Waals surface area (Å²) in [6, 6.07) is 3.62.